The summed E-state index contributed by atoms with van der Waals surface area (Å²) in [5.74, 6) is 1.62. The van der Waals surface area contributed by atoms with E-state index in [1.165, 1.54) is 10.6 Å². The molecule has 2 aromatic rings. The number of nitrogens with zero attached hydrogens (tertiary/aromatic N) is 1. The average molecular weight is 382 g/mol. The molecule has 0 radical (unpaired) electrons. The Morgan fingerprint density at radius 1 is 1.07 bits per heavy atom. The Balaban J connectivity index is 1.27. The van der Waals surface area contributed by atoms with Crippen LogP contribution in [-0.2, 0) is 4.79 Å². The maximum absolute atomic E-state index is 12.5. The summed E-state index contributed by atoms with van der Waals surface area (Å²) in [5, 5.41) is 3.12. The Morgan fingerprint density at radius 3 is 2.54 bits per heavy atom. The summed E-state index contributed by atoms with van der Waals surface area (Å²) in [7, 11) is 0. The summed E-state index contributed by atoms with van der Waals surface area (Å²) >= 11 is 0. The molecule has 2 aromatic carbocycles. The standard InChI is InChI=1S/C22H27N3O3/c1-17(18-7-8-20-21(15-18)28-14-13-27-20)23-22(26)16-24-9-11-25(12-10-24)19-5-3-2-4-6-19/h2-8,15,17H,9-14,16H2,1H3,(H,23,26)/p+1/t17-/m0/s1. The Morgan fingerprint density at radius 2 is 1.79 bits per heavy atom. The molecule has 6 nitrogen and oxygen atoms in total. The van der Waals surface area contributed by atoms with E-state index in [-0.39, 0.29) is 11.9 Å². The van der Waals surface area contributed by atoms with Crippen molar-refractivity contribution in [1.29, 1.82) is 0 Å². The number of carbonyl (C=O) groups is 1. The molecule has 0 spiro atoms. The van der Waals surface area contributed by atoms with Crippen LogP contribution in [0.25, 0.3) is 0 Å². The fraction of sp³-hybridized carbons (Fsp3) is 0.409. The van der Waals surface area contributed by atoms with Crippen LogP contribution in [0.3, 0.4) is 0 Å². The van der Waals surface area contributed by atoms with E-state index in [1.807, 2.05) is 31.2 Å². The van der Waals surface area contributed by atoms with Gasteiger partial charge in [0.05, 0.1) is 32.2 Å². The summed E-state index contributed by atoms with van der Waals surface area (Å²) in [5.41, 5.74) is 2.29. The van der Waals surface area contributed by atoms with Gasteiger partial charge in [-0.05, 0) is 36.8 Å². The van der Waals surface area contributed by atoms with Gasteiger partial charge in [0, 0.05) is 5.69 Å². The summed E-state index contributed by atoms with van der Waals surface area (Å²) in [4.78, 5) is 16.3. The Kier molecular flexibility index (Phi) is 5.67. The van der Waals surface area contributed by atoms with Crippen LogP contribution >= 0.6 is 0 Å². The van der Waals surface area contributed by atoms with Crippen LogP contribution in [0.5, 0.6) is 11.5 Å². The molecule has 1 saturated heterocycles. The number of hydrogen-bond donors (Lipinski definition) is 2. The first-order valence-corrected chi connectivity index (χ1v) is 10.0. The number of para-hydroxylation sites is 1. The highest BCUT2D eigenvalue weighted by Gasteiger charge is 2.23. The van der Waals surface area contributed by atoms with Gasteiger partial charge in [-0.15, -0.1) is 0 Å². The van der Waals surface area contributed by atoms with Crippen molar-refractivity contribution in [1.82, 2.24) is 5.32 Å². The number of amides is 1. The van der Waals surface area contributed by atoms with Crippen molar-refractivity contribution in [2.24, 2.45) is 0 Å². The van der Waals surface area contributed by atoms with Gasteiger partial charge in [0.2, 0.25) is 0 Å². The lowest BCUT2D eigenvalue weighted by Crippen LogP contribution is -3.15. The van der Waals surface area contributed by atoms with Crippen LogP contribution < -0.4 is 24.6 Å². The number of benzene rings is 2. The predicted molar refractivity (Wildman–Crippen MR) is 108 cm³/mol. The zero-order valence-electron chi connectivity index (χ0n) is 16.3. The van der Waals surface area contributed by atoms with Gasteiger partial charge >= 0.3 is 0 Å². The van der Waals surface area contributed by atoms with Gasteiger partial charge in [0.1, 0.15) is 13.2 Å². The SMILES string of the molecule is C[C@H](NC(=O)C[NH+]1CCN(c2ccccc2)CC1)c1ccc2c(c1)OCCO2. The lowest BCUT2D eigenvalue weighted by molar-refractivity contribution is -0.892. The first-order valence-electron chi connectivity index (χ1n) is 10.0. The molecule has 0 aliphatic carbocycles. The van der Waals surface area contributed by atoms with Gasteiger partial charge in [-0.3, -0.25) is 4.79 Å². The number of rotatable bonds is 5. The minimum absolute atomic E-state index is 0.0617. The number of fused-ring (bicyclic) bond motifs is 1. The van der Waals surface area contributed by atoms with Crippen LogP contribution in [-0.4, -0.2) is 51.8 Å². The molecule has 6 heteroatoms. The molecule has 1 fully saturated rings. The number of carbonyl (C=O) groups excluding carboxylic acids is 1. The molecule has 0 bridgehead atoms. The molecule has 0 aromatic heterocycles. The maximum Gasteiger partial charge on any atom is 0.275 e. The van der Waals surface area contributed by atoms with Crippen LogP contribution in [0.2, 0.25) is 0 Å². The van der Waals surface area contributed by atoms with E-state index in [9.17, 15) is 4.79 Å². The molecular formula is C22H28N3O3+. The van der Waals surface area contributed by atoms with Crippen molar-refractivity contribution in [2.45, 2.75) is 13.0 Å². The van der Waals surface area contributed by atoms with Gasteiger partial charge in [0.15, 0.2) is 18.0 Å². The van der Waals surface area contributed by atoms with Gasteiger partial charge in [-0.2, -0.15) is 0 Å². The molecule has 148 valence electrons. The highest BCUT2D eigenvalue weighted by atomic mass is 16.6. The van der Waals surface area contributed by atoms with E-state index in [0.29, 0.717) is 19.8 Å². The average Bonchev–Trinajstić information content (AvgIpc) is 2.74. The van der Waals surface area contributed by atoms with Crippen molar-refractivity contribution in [3.05, 3.63) is 54.1 Å². The molecule has 1 amide bonds. The second-order valence-corrected chi connectivity index (χ2v) is 7.44. The predicted octanol–water partition coefficient (Wildman–Crippen LogP) is 1.04. The monoisotopic (exact) mass is 382 g/mol. The van der Waals surface area contributed by atoms with E-state index in [0.717, 1.165) is 43.2 Å². The molecule has 0 unspecified atom stereocenters. The smallest absolute Gasteiger partial charge is 0.275 e. The molecule has 2 heterocycles. The Labute approximate surface area is 166 Å². The molecule has 1 atom stereocenters. The molecular weight excluding hydrogens is 354 g/mol. The van der Waals surface area contributed by atoms with E-state index in [1.54, 1.807) is 0 Å². The topological polar surface area (TPSA) is 55.2 Å². The summed E-state index contributed by atoms with van der Waals surface area (Å²) in [6.45, 7) is 7.56. The summed E-state index contributed by atoms with van der Waals surface area (Å²) in [6, 6.07) is 16.3. The van der Waals surface area contributed by atoms with Gasteiger partial charge in [-0.1, -0.05) is 24.3 Å². The molecule has 2 N–H and O–H groups in total. The molecule has 2 aliphatic rings. The lowest BCUT2D eigenvalue weighted by Gasteiger charge is -2.33. The van der Waals surface area contributed by atoms with Gasteiger partial charge < -0.3 is 24.6 Å². The molecule has 0 saturated carbocycles. The number of ether oxygens (including phenoxy) is 2. The van der Waals surface area contributed by atoms with Crippen molar-refractivity contribution >= 4 is 11.6 Å². The van der Waals surface area contributed by atoms with Crippen LogP contribution in [0.4, 0.5) is 5.69 Å². The summed E-state index contributed by atoms with van der Waals surface area (Å²) in [6.07, 6.45) is 0. The van der Waals surface area contributed by atoms with Gasteiger partial charge in [0.25, 0.3) is 5.91 Å². The van der Waals surface area contributed by atoms with E-state index >= 15 is 0 Å². The maximum atomic E-state index is 12.5. The van der Waals surface area contributed by atoms with E-state index < -0.39 is 0 Å². The van der Waals surface area contributed by atoms with Crippen molar-refractivity contribution < 1.29 is 19.2 Å². The highest BCUT2D eigenvalue weighted by Crippen LogP contribution is 2.32. The first kappa shape index (κ1) is 18.6. The normalized spacial score (nSPS) is 17.8. The lowest BCUT2D eigenvalue weighted by atomic mass is 10.1. The highest BCUT2D eigenvalue weighted by molar-refractivity contribution is 5.77. The number of nitrogens with one attached hydrogen (secondary N) is 2. The third-order valence-corrected chi connectivity index (χ3v) is 5.45. The molecule has 28 heavy (non-hydrogen) atoms. The number of hydrogen-bond acceptors (Lipinski definition) is 4. The number of quaternary nitrogens is 1. The fourth-order valence-corrected chi connectivity index (χ4v) is 3.83. The third-order valence-electron chi connectivity index (χ3n) is 5.45. The van der Waals surface area contributed by atoms with Gasteiger partial charge in [-0.25, -0.2) is 0 Å². The molecule has 2 aliphatic heterocycles. The van der Waals surface area contributed by atoms with E-state index in [4.69, 9.17) is 9.47 Å². The number of piperazine rings is 1. The zero-order valence-corrected chi connectivity index (χ0v) is 16.3. The molecule has 4 rings (SSSR count). The second kappa shape index (κ2) is 8.52. The summed E-state index contributed by atoms with van der Waals surface area (Å²) < 4.78 is 11.2. The third kappa shape index (κ3) is 4.39. The number of anilines is 1. The minimum Gasteiger partial charge on any atom is -0.486 e. The van der Waals surface area contributed by atoms with E-state index in [2.05, 4.69) is 34.5 Å². The second-order valence-electron chi connectivity index (χ2n) is 7.44. The fourth-order valence-electron chi connectivity index (χ4n) is 3.83. The quantitative estimate of drug-likeness (QED) is 0.812. The van der Waals surface area contributed by atoms with Crippen molar-refractivity contribution in [3.63, 3.8) is 0 Å². The first-order chi connectivity index (χ1) is 13.7. The Bertz CT molecular complexity index is 804. The zero-order chi connectivity index (χ0) is 19.3. The van der Waals surface area contributed by atoms with Crippen LogP contribution in [0.15, 0.2) is 48.5 Å². The van der Waals surface area contributed by atoms with Crippen LogP contribution in [0, 0.1) is 0 Å². The minimum atomic E-state index is -0.0617. The van der Waals surface area contributed by atoms with Crippen molar-refractivity contribution in [3.8, 4) is 11.5 Å². The van der Waals surface area contributed by atoms with Crippen molar-refractivity contribution in [2.75, 3.05) is 50.8 Å². The van der Waals surface area contributed by atoms with Crippen LogP contribution in [0.1, 0.15) is 18.5 Å². The largest absolute Gasteiger partial charge is 0.486 e. The Hall–Kier alpha value is -2.73.